The fourth-order valence-corrected chi connectivity index (χ4v) is 7.19. The standard InChI is InChI=1S/C29H47N7O3S/c1-23(2)25-10-13-33(14-11-25)18-19-36-31-29(30-32-36)34-15-8-24(9-16-34)5-4-20-39-28-7-6-27-22-35(40(3,37)38)17-12-26(27)21-28/h6-7,21,23-25H,4-5,8-20,22H2,1-3H3. The van der Waals surface area contributed by atoms with Gasteiger partial charge in [-0.3, -0.25) is 0 Å². The molecular weight excluding hydrogens is 526 g/mol. The third-order valence-electron chi connectivity index (χ3n) is 9.18. The Kier molecular flexibility index (Phi) is 9.63. The molecule has 40 heavy (non-hydrogen) atoms. The number of anilines is 1. The second kappa shape index (κ2) is 13.2. The number of tetrazole rings is 1. The summed E-state index contributed by atoms with van der Waals surface area (Å²) in [7, 11) is -3.15. The molecule has 3 aliphatic heterocycles. The molecule has 3 aliphatic rings. The van der Waals surface area contributed by atoms with E-state index in [0.717, 1.165) is 87.4 Å². The molecule has 2 aromatic rings. The second-order valence-electron chi connectivity index (χ2n) is 12.3. The van der Waals surface area contributed by atoms with E-state index >= 15 is 0 Å². The van der Waals surface area contributed by atoms with Crippen molar-refractivity contribution >= 4 is 16.0 Å². The lowest BCUT2D eigenvalue weighted by atomic mass is 9.87. The van der Waals surface area contributed by atoms with E-state index in [0.29, 0.717) is 25.6 Å². The van der Waals surface area contributed by atoms with Crippen LogP contribution in [-0.4, -0.2) is 90.0 Å². The van der Waals surface area contributed by atoms with E-state index in [1.807, 2.05) is 12.1 Å². The number of rotatable bonds is 11. The van der Waals surface area contributed by atoms with Crippen LogP contribution in [0.4, 0.5) is 5.95 Å². The maximum absolute atomic E-state index is 11.8. The normalized spacial score (nSPS) is 20.2. The van der Waals surface area contributed by atoms with Gasteiger partial charge in [0.05, 0.1) is 19.4 Å². The van der Waals surface area contributed by atoms with E-state index in [9.17, 15) is 8.42 Å². The zero-order valence-corrected chi connectivity index (χ0v) is 25.4. The van der Waals surface area contributed by atoms with Gasteiger partial charge in [-0.25, -0.2) is 8.42 Å². The third-order valence-corrected chi connectivity index (χ3v) is 10.4. The summed E-state index contributed by atoms with van der Waals surface area (Å²) in [5, 5.41) is 13.4. The van der Waals surface area contributed by atoms with Gasteiger partial charge in [0, 0.05) is 32.7 Å². The molecule has 2 saturated heterocycles. The molecule has 0 spiro atoms. The number of nitrogens with zero attached hydrogens (tertiary/aromatic N) is 7. The van der Waals surface area contributed by atoms with Gasteiger partial charge in [-0.2, -0.15) is 9.10 Å². The van der Waals surface area contributed by atoms with E-state index in [1.165, 1.54) is 42.1 Å². The number of aromatic nitrogens is 4. The van der Waals surface area contributed by atoms with Crippen LogP contribution in [0.15, 0.2) is 18.2 Å². The smallest absolute Gasteiger partial charge is 0.266 e. The number of likely N-dealkylation sites (tertiary alicyclic amines) is 1. The maximum atomic E-state index is 11.8. The Hall–Kier alpha value is -2.24. The summed E-state index contributed by atoms with van der Waals surface area (Å²) in [5.74, 6) is 4.02. The zero-order chi connectivity index (χ0) is 28.1. The molecule has 0 N–H and O–H groups in total. The largest absolute Gasteiger partial charge is 0.494 e. The second-order valence-corrected chi connectivity index (χ2v) is 14.3. The Morgan fingerprint density at radius 3 is 2.50 bits per heavy atom. The fraction of sp³-hybridized carbons (Fsp3) is 0.759. The minimum absolute atomic E-state index is 0.455. The molecule has 0 aliphatic carbocycles. The van der Waals surface area contributed by atoms with Crippen molar-refractivity contribution in [2.24, 2.45) is 17.8 Å². The van der Waals surface area contributed by atoms with Crippen LogP contribution in [0.2, 0.25) is 0 Å². The number of sulfonamides is 1. The Bertz CT molecular complexity index is 1200. The molecule has 0 atom stereocenters. The number of hydrogen-bond donors (Lipinski definition) is 0. The molecule has 222 valence electrons. The molecule has 0 bridgehead atoms. The van der Waals surface area contributed by atoms with E-state index in [-0.39, 0.29) is 0 Å². The Morgan fingerprint density at radius 1 is 1.00 bits per heavy atom. The van der Waals surface area contributed by atoms with Gasteiger partial charge in [-0.1, -0.05) is 25.0 Å². The van der Waals surface area contributed by atoms with Crippen molar-refractivity contribution in [2.45, 2.75) is 71.9 Å². The van der Waals surface area contributed by atoms with Crippen LogP contribution >= 0.6 is 0 Å². The van der Waals surface area contributed by atoms with Crippen molar-refractivity contribution in [2.75, 3.05) is 57.0 Å². The lowest BCUT2D eigenvalue weighted by Gasteiger charge is -2.33. The molecule has 0 unspecified atom stereocenters. The molecular formula is C29H47N7O3S. The van der Waals surface area contributed by atoms with E-state index in [4.69, 9.17) is 4.74 Å². The van der Waals surface area contributed by atoms with Crippen LogP contribution in [0.3, 0.4) is 0 Å². The van der Waals surface area contributed by atoms with E-state index in [1.54, 1.807) is 4.80 Å². The third kappa shape index (κ3) is 7.73. The predicted octanol–water partition coefficient (Wildman–Crippen LogP) is 3.43. The van der Waals surface area contributed by atoms with Crippen molar-refractivity contribution < 1.29 is 13.2 Å². The van der Waals surface area contributed by atoms with Crippen LogP contribution in [0, 0.1) is 17.8 Å². The maximum Gasteiger partial charge on any atom is 0.266 e. The summed E-state index contributed by atoms with van der Waals surface area (Å²) in [5.41, 5.74) is 2.27. The number of hydrogen-bond acceptors (Lipinski definition) is 8. The van der Waals surface area contributed by atoms with Crippen LogP contribution < -0.4 is 9.64 Å². The summed E-state index contributed by atoms with van der Waals surface area (Å²) >= 11 is 0. The van der Waals surface area contributed by atoms with Gasteiger partial charge >= 0.3 is 0 Å². The fourth-order valence-electron chi connectivity index (χ4n) is 6.39. The number of ether oxygens (including phenoxy) is 1. The molecule has 1 aromatic carbocycles. The molecule has 0 radical (unpaired) electrons. The van der Waals surface area contributed by atoms with Crippen molar-refractivity contribution in [3.8, 4) is 5.75 Å². The van der Waals surface area contributed by atoms with E-state index in [2.05, 4.69) is 45.1 Å². The summed E-state index contributed by atoms with van der Waals surface area (Å²) in [6, 6.07) is 6.07. The molecule has 0 saturated carbocycles. The highest BCUT2D eigenvalue weighted by Crippen LogP contribution is 2.27. The quantitative estimate of drug-likeness (QED) is 0.377. The lowest BCUT2D eigenvalue weighted by Crippen LogP contribution is -2.37. The van der Waals surface area contributed by atoms with Gasteiger partial charge in [0.2, 0.25) is 10.0 Å². The SMILES string of the molecule is CC(C)C1CCN(CCn2nnc(N3CCC(CCCOc4ccc5c(c4)CCN(S(C)(=O)=O)C5)CC3)n2)CC1. The molecule has 11 heteroatoms. The Morgan fingerprint density at radius 2 is 1.77 bits per heavy atom. The van der Waals surface area contributed by atoms with Crippen molar-refractivity contribution in [3.05, 3.63) is 29.3 Å². The van der Waals surface area contributed by atoms with Gasteiger partial charge in [-0.15, -0.1) is 5.10 Å². The topological polar surface area (TPSA) is 96.7 Å². The average molecular weight is 574 g/mol. The highest BCUT2D eigenvalue weighted by molar-refractivity contribution is 7.88. The lowest BCUT2D eigenvalue weighted by molar-refractivity contribution is 0.150. The molecule has 2 fully saturated rings. The predicted molar refractivity (Wildman–Crippen MR) is 157 cm³/mol. The zero-order valence-electron chi connectivity index (χ0n) is 24.5. The number of fused-ring (bicyclic) bond motifs is 1. The summed E-state index contributed by atoms with van der Waals surface area (Å²) in [6.07, 6.45) is 9.11. The Labute approximate surface area is 240 Å². The first kappa shape index (κ1) is 29.3. The van der Waals surface area contributed by atoms with Gasteiger partial charge in [-0.05, 0) is 104 Å². The highest BCUT2D eigenvalue weighted by Gasteiger charge is 2.25. The summed E-state index contributed by atoms with van der Waals surface area (Å²) in [4.78, 5) is 6.59. The van der Waals surface area contributed by atoms with Gasteiger partial charge in [0.25, 0.3) is 5.95 Å². The Balaban J connectivity index is 0.974. The van der Waals surface area contributed by atoms with E-state index < -0.39 is 10.0 Å². The van der Waals surface area contributed by atoms with Crippen molar-refractivity contribution in [1.29, 1.82) is 0 Å². The highest BCUT2D eigenvalue weighted by atomic mass is 32.2. The minimum atomic E-state index is -3.15. The van der Waals surface area contributed by atoms with Crippen LogP contribution in [0.5, 0.6) is 5.75 Å². The van der Waals surface area contributed by atoms with Crippen molar-refractivity contribution in [3.63, 3.8) is 0 Å². The van der Waals surface area contributed by atoms with Crippen LogP contribution in [0.1, 0.15) is 63.5 Å². The molecule has 10 nitrogen and oxygen atoms in total. The molecule has 5 rings (SSSR count). The monoisotopic (exact) mass is 573 g/mol. The minimum Gasteiger partial charge on any atom is -0.494 e. The summed E-state index contributed by atoms with van der Waals surface area (Å²) in [6.45, 7) is 12.5. The molecule has 4 heterocycles. The van der Waals surface area contributed by atoms with Crippen LogP contribution in [-0.2, 0) is 29.5 Å². The van der Waals surface area contributed by atoms with Gasteiger partial charge in [0.15, 0.2) is 0 Å². The van der Waals surface area contributed by atoms with Crippen LogP contribution in [0.25, 0.3) is 0 Å². The molecule has 1 aromatic heterocycles. The van der Waals surface area contributed by atoms with Crippen molar-refractivity contribution in [1.82, 2.24) is 29.4 Å². The average Bonchev–Trinajstić information content (AvgIpc) is 3.43. The first-order valence-electron chi connectivity index (χ1n) is 15.2. The first-order chi connectivity index (χ1) is 19.2. The van der Waals surface area contributed by atoms with Gasteiger partial charge in [0.1, 0.15) is 5.75 Å². The summed E-state index contributed by atoms with van der Waals surface area (Å²) < 4.78 is 31.3. The van der Waals surface area contributed by atoms with Gasteiger partial charge < -0.3 is 14.5 Å². The number of benzene rings is 1. The number of piperidine rings is 2. The first-order valence-corrected chi connectivity index (χ1v) is 17.0. The molecule has 0 amide bonds.